The van der Waals surface area contributed by atoms with Crippen molar-refractivity contribution in [2.75, 3.05) is 25.6 Å². The van der Waals surface area contributed by atoms with E-state index in [0.29, 0.717) is 6.54 Å². The van der Waals surface area contributed by atoms with E-state index in [1.165, 1.54) is 17.7 Å². The van der Waals surface area contributed by atoms with Gasteiger partial charge in [-0.15, -0.1) is 11.3 Å². The molecule has 0 aromatic carbocycles. The lowest BCUT2D eigenvalue weighted by Gasteiger charge is -2.28. The van der Waals surface area contributed by atoms with Crippen LogP contribution in [0.1, 0.15) is 19.4 Å². The number of nitrogens with zero attached hydrogens (tertiary/aromatic N) is 1. The number of ether oxygens (including phenoxy) is 1. The number of hydrogen-bond acceptors (Lipinski definition) is 4. The maximum atomic E-state index is 11.6. The second-order valence-corrected chi connectivity index (χ2v) is 5.53. The van der Waals surface area contributed by atoms with Crippen LogP contribution in [0.2, 0.25) is 0 Å². The molecule has 0 unspecified atom stereocenters. The van der Waals surface area contributed by atoms with E-state index in [2.05, 4.69) is 23.3 Å². The van der Waals surface area contributed by atoms with Crippen molar-refractivity contribution in [1.29, 1.82) is 0 Å². The maximum Gasteiger partial charge on any atom is 0.313 e. The Labute approximate surface area is 101 Å². The van der Waals surface area contributed by atoms with Crippen LogP contribution in [0.3, 0.4) is 0 Å². The highest BCUT2D eigenvalue weighted by Gasteiger charge is 2.30. The summed E-state index contributed by atoms with van der Waals surface area (Å²) in [4.78, 5) is 13.7. The van der Waals surface area contributed by atoms with Crippen molar-refractivity contribution in [3.63, 3.8) is 0 Å². The van der Waals surface area contributed by atoms with Crippen molar-refractivity contribution in [1.82, 2.24) is 0 Å². The van der Waals surface area contributed by atoms with Crippen LogP contribution in [0.4, 0.5) is 5.00 Å². The molecule has 0 saturated heterocycles. The fraction of sp³-hybridized carbons (Fsp3) is 0.583. The molecule has 0 aliphatic carbocycles. The Morgan fingerprint density at radius 1 is 1.56 bits per heavy atom. The molecule has 1 aromatic rings. The molecule has 16 heavy (non-hydrogen) atoms. The highest BCUT2D eigenvalue weighted by atomic mass is 32.1. The molecule has 1 rings (SSSR count). The van der Waals surface area contributed by atoms with E-state index in [1.54, 1.807) is 11.3 Å². The lowest BCUT2D eigenvalue weighted by atomic mass is 9.93. The smallest absolute Gasteiger partial charge is 0.313 e. The summed E-state index contributed by atoms with van der Waals surface area (Å²) in [5.74, 6) is -0.173. The van der Waals surface area contributed by atoms with Gasteiger partial charge in [-0.25, -0.2) is 0 Å². The quantitative estimate of drug-likeness (QED) is 0.759. The second-order valence-electron chi connectivity index (χ2n) is 4.64. The SMILES string of the molecule is COC(=O)C(C)(C)CN(C)c1sccc1C. The number of carbonyl (C=O) groups is 1. The van der Waals surface area contributed by atoms with Gasteiger partial charge in [-0.2, -0.15) is 0 Å². The number of carbonyl (C=O) groups excluding carboxylic acids is 1. The molecule has 0 atom stereocenters. The van der Waals surface area contributed by atoms with Gasteiger partial charge in [0, 0.05) is 13.6 Å². The van der Waals surface area contributed by atoms with Crippen LogP contribution >= 0.6 is 11.3 Å². The van der Waals surface area contributed by atoms with Crippen molar-refractivity contribution in [3.05, 3.63) is 17.0 Å². The molecule has 90 valence electrons. The van der Waals surface area contributed by atoms with Gasteiger partial charge in [0.2, 0.25) is 0 Å². The largest absolute Gasteiger partial charge is 0.469 e. The summed E-state index contributed by atoms with van der Waals surface area (Å²) in [5.41, 5.74) is 0.757. The number of thiophene rings is 1. The molecule has 1 heterocycles. The number of anilines is 1. The molecular formula is C12H19NO2S. The monoisotopic (exact) mass is 241 g/mol. The van der Waals surface area contributed by atoms with Crippen LogP contribution in [0, 0.1) is 12.3 Å². The Kier molecular flexibility index (Phi) is 3.97. The molecule has 0 amide bonds. The minimum Gasteiger partial charge on any atom is -0.469 e. The molecular weight excluding hydrogens is 222 g/mol. The van der Waals surface area contributed by atoms with E-state index in [0.717, 1.165) is 0 Å². The van der Waals surface area contributed by atoms with Crippen LogP contribution in [0.5, 0.6) is 0 Å². The van der Waals surface area contributed by atoms with Crippen molar-refractivity contribution in [2.24, 2.45) is 5.41 Å². The highest BCUT2D eigenvalue weighted by Crippen LogP contribution is 2.29. The Morgan fingerprint density at radius 3 is 2.62 bits per heavy atom. The zero-order valence-corrected chi connectivity index (χ0v) is 11.4. The predicted octanol–water partition coefficient (Wildman–Crippen LogP) is 2.69. The van der Waals surface area contributed by atoms with E-state index in [-0.39, 0.29) is 5.97 Å². The fourth-order valence-electron chi connectivity index (χ4n) is 1.76. The third-order valence-corrected chi connectivity index (χ3v) is 3.68. The fourth-order valence-corrected chi connectivity index (χ4v) is 2.66. The first-order valence-electron chi connectivity index (χ1n) is 5.22. The summed E-state index contributed by atoms with van der Waals surface area (Å²) in [5, 5.41) is 3.27. The summed E-state index contributed by atoms with van der Waals surface area (Å²) in [6.07, 6.45) is 0. The third kappa shape index (κ3) is 2.76. The molecule has 0 aliphatic rings. The Hall–Kier alpha value is -1.03. The van der Waals surface area contributed by atoms with Crippen LogP contribution in [-0.2, 0) is 9.53 Å². The molecule has 0 bridgehead atoms. The van der Waals surface area contributed by atoms with Gasteiger partial charge in [-0.05, 0) is 37.8 Å². The van der Waals surface area contributed by atoms with Gasteiger partial charge in [-0.1, -0.05) is 0 Å². The van der Waals surface area contributed by atoms with Crippen molar-refractivity contribution >= 4 is 22.3 Å². The van der Waals surface area contributed by atoms with Gasteiger partial charge < -0.3 is 9.64 Å². The average molecular weight is 241 g/mol. The normalized spacial score (nSPS) is 11.3. The van der Waals surface area contributed by atoms with Crippen LogP contribution in [0.15, 0.2) is 11.4 Å². The lowest BCUT2D eigenvalue weighted by Crippen LogP contribution is -2.38. The van der Waals surface area contributed by atoms with E-state index in [9.17, 15) is 4.79 Å². The zero-order chi connectivity index (χ0) is 12.3. The number of methoxy groups -OCH3 is 1. The molecule has 0 radical (unpaired) electrons. The van der Waals surface area contributed by atoms with Gasteiger partial charge in [0.15, 0.2) is 0 Å². The number of aryl methyl sites for hydroxylation is 1. The van der Waals surface area contributed by atoms with Crippen LogP contribution in [0.25, 0.3) is 0 Å². The minimum absolute atomic E-state index is 0.173. The zero-order valence-electron chi connectivity index (χ0n) is 10.5. The topological polar surface area (TPSA) is 29.5 Å². The molecule has 0 spiro atoms. The number of hydrogen-bond donors (Lipinski definition) is 0. The predicted molar refractivity (Wildman–Crippen MR) is 68.1 cm³/mol. The highest BCUT2D eigenvalue weighted by molar-refractivity contribution is 7.14. The van der Waals surface area contributed by atoms with Gasteiger partial charge >= 0.3 is 5.97 Å². The first-order valence-corrected chi connectivity index (χ1v) is 6.10. The van der Waals surface area contributed by atoms with Gasteiger partial charge in [0.25, 0.3) is 0 Å². The van der Waals surface area contributed by atoms with Crippen LogP contribution in [-0.4, -0.2) is 26.7 Å². The summed E-state index contributed by atoms with van der Waals surface area (Å²) in [7, 11) is 3.43. The molecule has 0 N–H and O–H groups in total. The molecule has 0 fully saturated rings. The van der Waals surface area contributed by atoms with Crippen molar-refractivity contribution < 1.29 is 9.53 Å². The Morgan fingerprint density at radius 2 is 2.19 bits per heavy atom. The molecule has 1 aromatic heterocycles. The molecule has 0 aliphatic heterocycles. The van der Waals surface area contributed by atoms with Crippen LogP contribution < -0.4 is 4.90 Å². The minimum atomic E-state index is -0.486. The summed E-state index contributed by atoms with van der Waals surface area (Å²) >= 11 is 1.69. The molecule has 4 heteroatoms. The third-order valence-electron chi connectivity index (χ3n) is 2.55. The van der Waals surface area contributed by atoms with E-state index >= 15 is 0 Å². The number of esters is 1. The summed E-state index contributed by atoms with van der Waals surface area (Å²) < 4.78 is 4.80. The molecule has 3 nitrogen and oxygen atoms in total. The first-order chi connectivity index (χ1) is 7.38. The average Bonchev–Trinajstić information content (AvgIpc) is 2.62. The maximum absolute atomic E-state index is 11.6. The van der Waals surface area contributed by atoms with E-state index in [1.807, 2.05) is 20.9 Å². The van der Waals surface area contributed by atoms with Gasteiger partial charge in [0.1, 0.15) is 0 Å². The van der Waals surface area contributed by atoms with E-state index < -0.39 is 5.41 Å². The van der Waals surface area contributed by atoms with Gasteiger partial charge in [-0.3, -0.25) is 4.79 Å². The number of rotatable bonds is 4. The second kappa shape index (κ2) is 4.87. The molecule has 0 saturated carbocycles. The summed E-state index contributed by atoms with van der Waals surface area (Å²) in [6, 6.07) is 2.08. The Balaban J connectivity index is 2.75. The van der Waals surface area contributed by atoms with Crippen molar-refractivity contribution in [3.8, 4) is 0 Å². The first kappa shape index (κ1) is 13.0. The summed E-state index contributed by atoms with van der Waals surface area (Å²) in [6.45, 7) is 6.53. The standard InChI is InChI=1S/C12H19NO2S/c1-9-6-7-16-10(9)13(4)8-12(2,3)11(14)15-5/h6-7H,8H2,1-5H3. The lowest BCUT2D eigenvalue weighted by molar-refractivity contribution is -0.150. The van der Waals surface area contributed by atoms with Gasteiger partial charge in [0.05, 0.1) is 17.5 Å². The van der Waals surface area contributed by atoms with E-state index in [4.69, 9.17) is 4.74 Å². The Bertz CT molecular complexity index is 371. The van der Waals surface area contributed by atoms with Crippen molar-refractivity contribution in [2.45, 2.75) is 20.8 Å².